The zero-order chi connectivity index (χ0) is 10.7. The SMILES string of the molecule is Oc1ccc(OCc2ncc(Br)o2)cc1. The summed E-state index contributed by atoms with van der Waals surface area (Å²) in [7, 11) is 0. The maximum atomic E-state index is 9.05. The van der Waals surface area contributed by atoms with Crippen LogP contribution in [0.3, 0.4) is 0 Å². The van der Waals surface area contributed by atoms with E-state index >= 15 is 0 Å². The van der Waals surface area contributed by atoms with Crippen molar-refractivity contribution in [3.8, 4) is 11.5 Å². The molecule has 0 aliphatic heterocycles. The molecular weight excluding hydrogens is 262 g/mol. The first kappa shape index (κ1) is 10.0. The van der Waals surface area contributed by atoms with E-state index in [0.29, 0.717) is 16.3 Å². The van der Waals surface area contributed by atoms with Gasteiger partial charge in [-0.3, -0.25) is 0 Å². The van der Waals surface area contributed by atoms with E-state index in [1.54, 1.807) is 30.5 Å². The maximum absolute atomic E-state index is 9.05. The second kappa shape index (κ2) is 4.35. The number of benzene rings is 1. The van der Waals surface area contributed by atoms with Gasteiger partial charge in [-0.2, -0.15) is 0 Å². The van der Waals surface area contributed by atoms with Crippen molar-refractivity contribution in [2.45, 2.75) is 6.61 Å². The number of aromatic hydroxyl groups is 1. The molecular formula is C10H8BrNO3. The molecule has 1 aromatic heterocycles. The molecule has 0 unspecified atom stereocenters. The molecule has 0 radical (unpaired) electrons. The smallest absolute Gasteiger partial charge is 0.233 e. The van der Waals surface area contributed by atoms with Crippen LogP contribution in [-0.4, -0.2) is 10.1 Å². The van der Waals surface area contributed by atoms with E-state index in [1.165, 1.54) is 0 Å². The first-order chi connectivity index (χ1) is 7.24. The number of oxazole rings is 1. The molecule has 2 rings (SSSR count). The number of nitrogens with zero attached hydrogens (tertiary/aromatic N) is 1. The Labute approximate surface area is 94.6 Å². The average Bonchev–Trinajstić information content (AvgIpc) is 2.64. The van der Waals surface area contributed by atoms with Gasteiger partial charge in [-0.25, -0.2) is 4.98 Å². The number of hydrogen-bond acceptors (Lipinski definition) is 4. The third-order valence-corrected chi connectivity index (χ3v) is 2.09. The molecule has 15 heavy (non-hydrogen) atoms. The van der Waals surface area contributed by atoms with E-state index in [0.717, 1.165) is 0 Å². The van der Waals surface area contributed by atoms with Crippen molar-refractivity contribution in [2.75, 3.05) is 0 Å². The van der Waals surface area contributed by atoms with Crippen LogP contribution in [0.15, 0.2) is 39.5 Å². The summed E-state index contributed by atoms with van der Waals surface area (Å²) >= 11 is 3.15. The first-order valence-corrected chi connectivity index (χ1v) is 5.05. The lowest BCUT2D eigenvalue weighted by Crippen LogP contribution is -1.94. The van der Waals surface area contributed by atoms with Crippen LogP contribution in [0.5, 0.6) is 11.5 Å². The molecule has 78 valence electrons. The van der Waals surface area contributed by atoms with Crippen molar-refractivity contribution in [1.82, 2.24) is 4.98 Å². The molecule has 1 heterocycles. The molecule has 0 saturated heterocycles. The van der Waals surface area contributed by atoms with Crippen LogP contribution in [0.1, 0.15) is 5.89 Å². The quantitative estimate of drug-likeness (QED) is 0.931. The van der Waals surface area contributed by atoms with Gasteiger partial charge in [0.1, 0.15) is 11.5 Å². The van der Waals surface area contributed by atoms with Gasteiger partial charge in [0.25, 0.3) is 0 Å². The van der Waals surface area contributed by atoms with Gasteiger partial charge in [0.15, 0.2) is 11.3 Å². The van der Waals surface area contributed by atoms with Gasteiger partial charge in [-0.05, 0) is 40.2 Å². The number of phenols is 1. The zero-order valence-corrected chi connectivity index (χ0v) is 9.27. The Balaban J connectivity index is 1.96. The van der Waals surface area contributed by atoms with Gasteiger partial charge in [0.2, 0.25) is 5.89 Å². The average molecular weight is 270 g/mol. The topological polar surface area (TPSA) is 55.5 Å². The number of phenolic OH excluding ortho intramolecular Hbond substituents is 1. The summed E-state index contributed by atoms with van der Waals surface area (Å²) in [6.07, 6.45) is 1.56. The first-order valence-electron chi connectivity index (χ1n) is 4.26. The number of hydrogen-bond donors (Lipinski definition) is 1. The monoisotopic (exact) mass is 269 g/mol. The van der Waals surface area contributed by atoms with Gasteiger partial charge in [-0.15, -0.1) is 0 Å². The summed E-state index contributed by atoms with van der Waals surface area (Å²) in [6.45, 7) is 0.260. The van der Waals surface area contributed by atoms with E-state index in [-0.39, 0.29) is 12.4 Å². The van der Waals surface area contributed by atoms with Gasteiger partial charge in [0, 0.05) is 0 Å². The third-order valence-electron chi connectivity index (χ3n) is 1.72. The molecule has 0 bridgehead atoms. The fourth-order valence-electron chi connectivity index (χ4n) is 1.04. The Morgan fingerprint density at radius 1 is 1.33 bits per heavy atom. The van der Waals surface area contributed by atoms with Crippen molar-refractivity contribution in [3.63, 3.8) is 0 Å². The summed E-state index contributed by atoms with van der Waals surface area (Å²) in [5, 5.41) is 9.05. The molecule has 0 aliphatic rings. The molecule has 4 nitrogen and oxygen atoms in total. The van der Waals surface area contributed by atoms with E-state index in [1.807, 2.05) is 0 Å². The molecule has 2 aromatic rings. The van der Waals surface area contributed by atoms with Gasteiger partial charge in [0.05, 0.1) is 6.20 Å². The van der Waals surface area contributed by atoms with Crippen molar-refractivity contribution >= 4 is 15.9 Å². The molecule has 0 saturated carbocycles. The van der Waals surface area contributed by atoms with Crippen molar-refractivity contribution in [2.24, 2.45) is 0 Å². The molecule has 5 heteroatoms. The minimum Gasteiger partial charge on any atom is -0.508 e. The van der Waals surface area contributed by atoms with E-state index < -0.39 is 0 Å². The summed E-state index contributed by atoms with van der Waals surface area (Å²) in [4.78, 5) is 3.96. The van der Waals surface area contributed by atoms with Crippen LogP contribution in [0, 0.1) is 0 Å². The Morgan fingerprint density at radius 2 is 2.07 bits per heavy atom. The Bertz CT molecular complexity index is 438. The van der Waals surface area contributed by atoms with Crippen molar-refractivity contribution in [1.29, 1.82) is 0 Å². The number of ether oxygens (including phenoxy) is 1. The second-order valence-corrected chi connectivity index (χ2v) is 3.62. The largest absolute Gasteiger partial charge is 0.508 e. The lowest BCUT2D eigenvalue weighted by atomic mass is 10.3. The van der Waals surface area contributed by atoms with Gasteiger partial charge in [-0.1, -0.05) is 0 Å². The summed E-state index contributed by atoms with van der Waals surface area (Å²) in [6, 6.07) is 6.46. The number of halogens is 1. The minimum atomic E-state index is 0.209. The zero-order valence-electron chi connectivity index (χ0n) is 7.68. The lowest BCUT2D eigenvalue weighted by molar-refractivity contribution is 0.260. The van der Waals surface area contributed by atoms with Crippen LogP contribution in [0.2, 0.25) is 0 Å². The predicted molar refractivity (Wildman–Crippen MR) is 56.6 cm³/mol. The minimum absolute atomic E-state index is 0.209. The lowest BCUT2D eigenvalue weighted by Gasteiger charge is -2.02. The number of rotatable bonds is 3. The molecule has 0 aliphatic carbocycles. The molecule has 0 atom stereocenters. The summed E-state index contributed by atoms with van der Waals surface area (Å²) in [5.74, 6) is 1.36. The van der Waals surface area contributed by atoms with Crippen LogP contribution in [0.25, 0.3) is 0 Å². The van der Waals surface area contributed by atoms with E-state index in [2.05, 4.69) is 20.9 Å². The van der Waals surface area contributed by atoms with E-state index in [9.17, 15) is 0 Å². The second-order valence-electron chi connectivity index (χ2n) is 2.84. The third kappa shape index (κ3) is 2.73. The molecule has 1 aromatic carbocycles. The molecule has 0 fully saturated rings. The Hall–Kier alpha value is -1.49. The fourth-order valence-corrected chi connectivity index (χ4v) is 1.33. The standard InChI is InChI=1S/C10H8BrNO3/c11-9-5-12-10(15-9)6-14-8-3-1-7(13)2-4-8/h1-5,13H,6H2. The van der Waals surface area contributed by atoms with Crippen LogP contribution < -0.4 is 4.74 Å². The molecule has 0 amide bonds. The van der Waals surface area contributed by atoms with Crippen LogP contribution in [-0.2, 0) is 6.61 Å². The highest BCUT2D eigenvalue weighted by Gasteiger charge is 2.02. The Morgan fingerprint density at radius 3 is 2.67 bits per heavy atom. The van der Waals surface area contributed by atoms with Crippen LogP contribution >= 0.6 is 15.9 Å². The normalized spacial score (nSPS) is 10.2. The van der Waals surface area contributed by atoms with Gasteiger partial charge >= 0.3 is 0 Å². The summed E-state index contributed by atoms with van der Waals surface area (Å²) < 4.78 is 11.1. The molecule has 0 spiro atoms. The highest BCUT2D eigenvalue weighted by Crippen LogP contribution is 2.18. The molecule has 1 N–H and O–H groups in total. The summed E-state index contributed by atoms with van der Waals surface area (Å²) in [5.41, 5.74) is 0. The highest BCUT2D eigenvalue weighted by atomic mass is 79.9. The van der Waals surface area contributed by atoms with Crippen LogP contribution in [0.4, 0.5) is 0 Å². The highest BCUT2D eigenvalue weighted by molar-refractivity contribution is 9.10. The predicted octanol–water partition coefficient (Wildman–Crippen LogP) is 2.72. The number of aromatic nitrogens is 1. The van der Waals surface area contributed by atoms with Crippen molar-refractivity contribution in [3.05, 3.63) is 41.0 Å². The van der Waals surface area contributed by atoms with E-state index in [4.69, 9.17) is 14.3 Å². The maximum Gasteiger partial charge on any atom is 0.233 e. The Kier molecular flexibility index (Phi) is 2.91. The van der Waals surface area contributed by atoms with Gasteiger partial charge < -0.3 is 14.3 Å². The fraction of sp³-hybridized carbons (Fsp3) is 0.100. The van der Waals surface area contributed by atoms with Crippen molar-refractivity contribution < 1.29 is 14.3 Å².